The molecule has 2 fully saturated rings. The van der Waals surface area contributed by atoms with E-state index in [1.807, 2.05) is 0 Å². The summed E-state index contributed by atoms with van der Waals surface area (Å²) in [7, 11) is 0. The Kier molecular flexibility index (Phi) is 6.89. The van der Waals surface area contributed by atoms with Gasteiger partial charge in [0.1, 0.15) is 5.82 Å². The lowest BCUT2D eigenvalue weighted by Gasteiger charge is -2.29. The van der Waals surface area contributed by atoms with E-state index in [-0.39, 0.29) is 24.3 Å². The molecule has 1 unspecified atom stereocenters. The van der Waals surface area contributed by atoms with Crippen LogP contribution in [0.2, 0.25) is 5.02 Å². The van der Waals surface area contributed by atoms with Gasteiger partial charge in [0.05, 0.1) is 17.1 Å². The molecule has 2 heterocycles. The topological polar surface area (TPSA) is 79.7 Å². The summed E-state index contributed by atoms with van der Waals surface area (Å²) in [6.45, 7) is 1.30. The normalized spacial score (nSPS) is 18.0. The Morgan fingerprint density at radius 1 is 1.29 bits per heavy atom. The number of carboxylic acids is 1. The third-order valence-corrected chi connectivity index (χ3v) is 6.95. The first-order valence-electron chi connectivity index (χ1n) is 10.5. The van der Waals surface area contributed by atoms with E-state index in [9.17, 15) is 19.1 Å². The fourth-order valence-electron chi connectivity index (χ4n) is 4.02. The predicted molar refractivity (Wildman–Crippen MR) is 117 cm³/mol. The van der Waals surface area contributed by atoms with Crippen molar-refractivity contribution < 1.29 is 23.8 Å². The molecular weight excluding hydrogens is 443 g/mol. The van der Waals surface area contributed by atoms with Gasteiger partial charge in [0.25, 0.3) is 0 Å². The van der Waals surface area contributed by atoms with Crippen molar-refractivity contribution in [1.29, 1.82) is 0 Å². The number of benzene rings is 1. The Balaban J connectivity index is 1.58. The largest absolute Gasteiger partial charge is 0.481 e. The molecule has 0 bridgehead atoms. The Hall–Kier alpha value is -2.03. The van der Waals surface area contributed by atoms with E-state index in [1.165, 1.54) is 29.5 Å². The second-order valence-corrected chi connectivity index (χ2v) is 9.41. The number of nitrogens with zero attached hydrogens (tertiary/aromatic N) is 2. The van der Waals surface area contributed by atoms with Crippen molar-refractivity contribution >= 4 is 39.9 Å². The van der Waals surface area contributed by atoms with Crippen LogP contribution < -0.4 is 4.90 Å². The van der Waals surface area contributed by atoms with Crippen LogP contribution in [0.5, 0.6) is 0 Å². The molecule has 0 radical (unpaired) electrons. The van der Waals surface area contributed by atoms with Gasteiger partial charge >= 0.3 is 5.97 Å². The highest BCUT2D eigenvalue weighted by Crippen LogP contribution is 2.39. The third-order valence-electron chi connectivity index (χ3n) is 5.78. The lowest BCUT2D eigenvalue weighted by molar-refractivity contribution is -0.141. The van der Waals surface area contributed by atoms with Crippen molar-refractivity contribution in [2.75, 3.05) is 18.1 Å². The quantitative estimate of drug-likeness (QED) is 0.591. The highest BCUT2D eigenvalue weighted by molar-refractivity contribution is 7.14. The van der Waals surface area contributed by atoms with Crippen molar-refractivity contribution in [1.82, 2.24) is 4.98 Å². The Morgan fingerprint density at radius 3 is 2.71 bits per heavy atom. The van der Waals surface area contributed by atoms with Gasteiger partial charge in [-0.1, -0.05) is 11.6 Å². The lowest BCUT2D eigenvalue weighted by Crippen LogP contribution is -2.40. The molecule has 1 aliphatic heterocycles. The number of carboxylic acid groups (broad SMARTS) is 1. The number of aliphatic carboxylic acids is 1. The van der Waals surface area contributed by atoms with Gasteiger partial charge in [-0.3, -0.25) is 14.5 Å². The van der Waals surface area contributed by atoms with Crippen LogP contribution in [0.1, 0.15) is 38.5 Å². The molecule has 2 aliphatic rings. The summed E-state index contributed by atoms with van der Waals surface area (Å²) >= 11 is 7.51. The van der Waals surface area contributed by atoms with Crippen LogP contribution >= 0.6 is 22.9 Å². The van der Waals surface area contributed by atoms with E-state index in [0.29, 0.717) is 41.0 Å². The number of aromatic nitrogens is 1. The third kappa shape index (κ3) is 5.42. The SMILES string of the molecule is O=C(O)CC(CC1CCOCC1)C(=O)N(c1nc(-c2cc(F)ccc2Cl)cs1)C1CC1. The minimum absolute atomic E-state index is 0.0282. The van der Waals surface area contributed by atoms with E-state index in [0.717, 1.165) is 25.7 Å². The molecule has 1 aromatic heterocycles. The molecule has 0 spiro atoms. The number of hydrogen-bond acceptors (Lipinski definition) is 5. The molecule has 4 rings (SSSR count). The average Bonchev–Trinajstić information content (AvgIpc) is 3.46. The van der Waals surface area contributed by atoms with Crippen LogP contribution in [0, 0.1) is 17.7 Å². The molecule has 31 heavy (non-hydrogen) atoms. The van der Waals surface area contributed by atoms with Crippen LogP contribution in [0.25, 0.3) is 11.3 Å². The summed E-state index contributed by atoms with van der Waals surface area (Å²) in [5, 5.41) is 12.1. The van der Waals surface area contributed by atoms with Crippen molar-refractivity contribution in [2.45, 2.75) is 44.6 Å². The summed E-state index contributed by atoms with van der Waals surface area (Å²) in [6.07, 6.45) is 3.73. The van der Waals surface area contributed by atoms with Crippen molar-refractivity contribution in [2.24, 2.45) is 11.8 Å². The highest BCUT2D eigenvalue weighted by Gasteiger charge is 2.40. The predicted octanol–water partition coefficient (Wildman–Crippen LogP) is 5.01. The fourth-order valence-corrected chi connectivity index (χ4v) is 5.13. The number of carbonyl (C=O) groups is 2. The second-order valence-electron chi connectivity index (χ2n) is 8.17. The molecule has 166 valence electrons. The number of thiazole rings is 1. The molecule has 1 aromatic carbocycles. The van der Waals surface area contributed by atoms with Crippen molar-refractivity contribution in [3.63, 3.8) is 0 Å². The second kappa shape index (κ2) is 9.63. The van der Waals surface area contributed by atoms with Crippen LogP contribution in [0.3, 0.4) is 0 Å². The number of halogens is 2. The summed E-state index contributed by atoms with van der Waals surface area (Å²) in [4.78, 5) is 31.3. The van der Waals surface area contributed by atoms with E-state index >= 15 is 0 Å². The maximum atomic E-state index is 13.7. The minimum atomic E-state index is -0.979. The van der Waals surface area contributed by atoms with Gasteiger partial charge in [0.15, 0.2) is 5.13 Å². The van der Waals surface area contributed by atoms with E-state index in [4.69, 9.17) is 16.3 Å². The number of hydrogen-bond donors (Lipinski definition) is 1. The first kappa shape index (κ1) is 22.2. The zero-order chi connectivity index (χ0) is 22.0. The maximum Gasteiger partial charge on any atom is 0.304 e. The van der Waals surface area contributed by atoms with Crippen molar-refractivity contribution in [3.05, 3.63) is 34.4 Å². The van der Waals surface area contributed by atoms with E-state index in [1.54, 1.807) is 10.3 Å². The number of anilines is 1. The summed E-state index contributed by atoms with van der Waals surface area (Å²) in [6, 6.07) is 4.11. The van der Waals surface area contributed by atoms with E-state index < -0.39 is 17.7 Å². The van der Waals surface area contributed by atoms with Crippen LogP contribution in [0.15, 0.2) is 23.6 Å². The standard InChI is InChI=1S/C22H24ClFN2O4S/c23-18-4-1-15(24)11-17(18)19-12-31-22(25-19)26(16-2-3-16)21(29)14(10-20(27)28)9-13-5-7-30-8-6-13/h1,4,11-14,16H,2-3,5-10H2,(H,27,28). The van der Waals surface area contributed by atoms with Crippen LogP contribution in [-0.4, -0.2) is 41.2 Å². The van der Waals surface area contributed by atoms with Gasteiger partial charge in [-0.25, -0.2) is 9.37 Å². The average molecular weight is 467 g/mol. The molecule has 1 N–H and O–H groups in total. The molecule has 9 heteroatoms. The monoisotopic (exact) mass is 466 g/mol. The molecule has 2 aromatic rings. The minimum Gasteiger partial charge on any atom is -0.481 e. The Bertz CT molecular complexity index is 959. The molecule has 1 amide bonds. The first-order valence-corrected chi connectivity index (χ1v) is 11.7. The summed E-state index contributed by atoms with van der Waals surface area (Å²) in [5.41, 5.74) is 0.971. The van der Waals surface area contributed by atoms with E-state index in [2.05, 4.69) is 4.98 Å². The van der Waals surface area contributed by atoms with Crippen LogP contribution in [-0.2, 0) is 14.3 Å². The van der Waals surface area contributed by atoms with Gasteiger partial charge in [0, 0.05) is 36.1 Å². The van der Waals surface area contributed by atoms with Gasteiger partial charge in [0.2, 0.25) is 5.91 Å². The molecule has 1 saturated heterocycles. The molecule has 1 saturated carbocycles. The number of carbonyl (C=O) groups excluding carboxylic acids is 1. The molecule has 6 nitrogen and oxygen atoms in total. The summed E-state index contributed by atoms with van der Waals surface area (Å²) < 4.78 is 19.1. The molecular formula is C22H24ClFN2O4S. The van der Waals surface area contributed by atoms with Crippen LogP contribution in [0.4, 0.5) is 9.52 Å². The number of ether oxygens (including phenoxy) is 1. The maximum absolute atomic E-state index is 13.7. The molecule has 1 atom stereocenters. The highest BCUT2D eigenvalue weighted by atomic mass is 35.5. The van der Waals surface area contributed by atoms with Gasteiger partial charge in [-0.2, -0.15) is 0 Å². The molecule has 1 aliphatic carbocycles. The fraction of sp³-hybridized carbons (Fsp3) is 0.500. The van der Waals surface area contributed by atoms with Gasteiger partial charge in [-0.05, 0) is 56.2 Å². The lowest BCUT2D eigenvalue weighted by atomic mass is 9.86. The first-order chi connectivity index (χ1) is 14.9. The van der Waals surface area contributed by atoms with Gasteiger partial charge in [-0.15, -0.1) is 11.3 Å². The smallest absolute Gasteiger partial charge is 0.304 e. The Labute approximate surface area is 189 Å². The zero-order valence-electron chi connectivity index (χ0n) is 16.9. The number of amides is 1. The zero-order valence-corrected chi connectivity index (χ0v) is 18.5. The van der Waals surface area contributed by atoms with Gasteiger partial charge < -0.3 is 9.84 Å². The summed E-state index contributed by atoms with van der Waals surface area (Å²) in [5.74, 6) is -1.91. The number of rotatable bonds is 8. The van der Waals surface area contributed by atoms with Crippen molar-refractivity contribution in [3.8, 4) is 11.3 Å². The Morgan fingerprint density at radius 2 is 2.03 bits per heavy atom.